The molecule has 2 aliphatic carbocycles. The molecule has 0 radical (unpaired) electrons. The molecule has 6 rings (SSSR count). The van der Waals surface area contributed by atoms with Crippen LogP contribution < -0.4 is 24.8 Å². The van der Waals surface area contributed by atoms with Crippen LogP contribution in [0.2, 0.25) is 0 Å². The maximum atomic E-state index is 3.79. The van der Waals surface area contributed by atoms with Crippen LogP contribution in [0.3, 0.4) is 0 Å². The largest absolute Gasteiger partial charge is 1.00 e. The molecule has 2 aliphatic rings. The molecule has 0 fully saturated rings. The van der Waals surface area contributed by atoms with Crippen molar-refractivity contribution in [1.82, 2.24) is 0 Å². The number of rotatable bonds is 11. The van der Waals surface area contributed by atoms with E-state index in [1.54, 1.807) is 27.4 Å². The van der Waals surface area contributed by atoms with Gasteiger partial charge in [-0.15, -0.1) is 17.5 Å². The Balaban J connectivity index is 0.000000394. The number of unbranched alkanes of at least 4 members (excludes halogenated alkanes) is 2. The molecule has 0 heterocycles. The van der Waals surface area contributed by atoms with E-state index in [-0.39, 0.29) is 24.8 Å². The Labute approximate surface area is 319 Å². The second-order valence-electron chi connectivity index (χ2n) is 12.9. The Bertz CT molecular complexity index is 1570. The van der Waals surface area contributed by atoms with E-state index in [1.807, 2.05) is 12.2 Å². The van der Waals surface area contributed by atoms with Crippen LogP contribution in [0.4, 0.5) is 0 Å². The van der Waals surface area contributed by atoms with Crippen molar-refractivity contribution < 1.29 is 49.0 Å². The second kappa shape index (κ2) is 22.4. The summed E-state index contributed by atoms with van der Waals surface area (Å²) < 4.78 is 1.79. The summed E-state index contributed by atoms with van der Waals surface area (Å²) >= 11 is 1.67. The summed E-state index contributed by atoms with van der Waals surface area (Å²) in [5.41, 5.74) is 12.3. The zero-order valence-corrected chi connectivity index (χ0v) is 33.6. The van der Waals surface area contributed by atoms with Crippen molar-refractivity contribution in [2.24, 2.45) is 5.92 Å². The van der Waals surface area contributed by atoms with Crippen molar-refractivity contribution in [2.75, 3.05) is 0 Å². The number of halogens is 2. The smallest absolute Gasteiger partial charge is 0.0159 e. The van der Waals surface area contributed by atoms with E-state index in [4.69, 9.17) is 0 Å². The number of hydrogen-bond donors (Lipinski definition) is 0. The van der Waals surface area contributed by atoms with Crippen LogP contribution in [0.5, 0.6) is 0 Å². The van der Waals surface area contributed by atoms with Crippen LogP contribution in [-0.4, -0.2) is 3.21 Å². The van der Waals surface area contributed by atoms with Crippen LogP contribution in [0.1, 0.15) is 106 Å². The first-order valence-electron chi connectivity index (χ1n) is 17.5. The van der Waals surface area contributed by atoms with E-state index in [0.29, 0.717) is 11.8 Å². The summed E-state index contributed by atoms with van der Waals surface area (Å²) in [6.45, 7) is 11.5. The molecule has 2 unspecified atom stereocenters. The first kappa shape index (κ1) is 41.9. The molecule has 4 aromatic carbocycles. The molecule has 0 aliphatic heterocycles. The van der Waals surface area contributed by atoms with Gasteiger partial charge in [-0.2, -0.15) is 29.8 Å². The van der Waals surface area contributed by atoms with Crippen LogP contribution in [0.15, 0.2) is 103 Å². The predicted molar refractivity (Wildman–Crippen MR) is 197 cm³/mol. The minimum absolute atomic E-state index is 0. The Morgan fingerprint density at radius 3 is 2.00 bits per heavy atom. The van der Waals surface area contributed by atoms with Crippen LogP contribution in [-0.2, 0) is 37.1 Å². The summed E-state index contributed by atoms with van der Waals surface area (Å²) in [5, 5.41) is 0. The average Bonchev–Trinajstić information content (AvgIpc) is 3.78. The Morgan fingerprint density at radius 1 is 0.792 bits per heavy atom. The Morgan fingerprint density at radius 2 is 1.44 bits per heavy atom. The van der Waals surface area contributed by atoms with E-state index in [0.717, 1.165) is 19.3 Å². The van der Waals surface area contributed by atoms with Gasteiger partial charge in [0.1, 0.15) is 0 Å². The zero-order chi connectivity index (χ0) is 32.7. The van der Waals surface area contributed by atoms with Gasteiger partial charge >= 0.3 is 79.8 Å². The fourth-order valence-electron chi connectivity index (χ4n) is 6.24. The van der Waals surface area contributed by atoms with Gasteiger partial charge in [0.15, 0.2) is 0 Å². The zero-order valence-electron chi connectivity index (χ0n) is 29.6. The predicted octanol–water partition coefficient (Wildman–Crippen LogP) is 6.42. The average molecular weight is 755 g/mol. The summed E-state index contributed by atoms with van der Waals surface area (Å²) in [6, 6.07) is 34.8. The first-order chi connectivity index (χ1) is 22.4. The van der Waals surface area contributed by atoms with Crippen LogP contribution >= 0.6 is 0 Å². The molecule has 0 spiro atoms. The molecule has 0 bridgehead atoms. The molecule has 2 atom stereocenters. The first-order valence-corrected chi connectivity index (χ1v) is 18.7. The molecule has 0 N–H and O–H groups in total. The minimum Gasteiger partial charge on any atom is -1.00 e. The van der Waals surface area contributed by atoms with Crippen LogP contribution in [0, 0.1) is 25.0 Å². The fourth-order valence-corrected chi connectivity index (χ4v) is 7.11. The van der Waals surface area contributed by atoms with E-state index in [1.165, 1.54) is 88.6 Å². The van der Waals surface area contributed by atoms with Crippen molar-refractivity contribution in [3.05, 3.63) is 143 Å². The van der Waals surface area contributed by atoms with Gasteiger partial charge in [-0.05, 0) is 59.4 Å². The van der Waals surface area contributed by atoms with Crippen molar-refractivity contribution >= 4 is 3.21 Å². The molecule has 4 aromatic rings. The summed E-state index contributed by atoms with van der Waals surface area (Å²) in [6.07, 6.45) is 20.4. The van der Waals surface area contributed by atoms with Gasteiger partial charge in [-0.3, -0.25) is 6.08 Å². The van der Waals surface area contributed by atoms with Gasteiger partial charge in [0.2, 0.25) is 0 Å². The van der Waals surface area contributed by atoms with E-state index < -0.39 is 0 Å². The van der Waals surface area contributed by atoms with Crippen molar-refractivity contribution in [3.8, 4) is 22.3 Å². The molecular formula is C45H52Cl2Zr-2. The van der Waals surface area contributed by atoms with Crippen LogP contribution in [0.25, 0.3) is 22.3 Å². The Kier molecular flexibility index (Phi) is 19.6. The molecule has 252 valence electrons. The third-order valence-electron chi connectivity index (χ3n) is 9.25. The molecule has 0 nitrogen and oxygen atoms in total. The Hall–Kier alpha value is -2.31. The molecule has 0 amide bonds. The number of benzene rings is 4. The normalized spacial score (nSPS) is 13.0. The number of fused-ring (bicyclic) bond motifs is 3. The van der Waals surface area contributed by atoms with Gasteiger partial charge in [-0.25, -0.2) is 12.2 Å². The van der Waals surface area contributed by atoms with Gasteiger partial charge in [0, 0.05) is 0 Å². The molecule has 0 saturated heterocycles. The van der Waals surface area contributed by atoms with Crippen molar-refractivity contribution in [2.45, 2.75) is 98.3 Å². The van der Waals surface area contributed by atoms with Crippen molar-refractivity contribution in [3.63, 3.8) is 0 Å². The van der Waals surface area contributed by atoms with Crippen molar-refractivity contribution in [1.29, 1.82) is 0 Å². The van der Waals surface area contributed by atoms with Gasteiger partial charge in [-0.1, -0.05) is 92.2 Å². The minimum atomic E-state index is 0. The quantitative estimate of drug-likeness (QED) is 0.137. The number of aryl methyl sites for hydroxylation is 1. The molecule has 0 aromatic heterocycles. The van der Waals surface area contributed by atoms with Gasteiger partial charge < -0.3 is 24.8 Å². The molecule has 3 heteroatoms. The SMILES string of the molecule is CCCC[C](=[Zr+2])CCCC.Cc1cc2c(cc1-c1ccccc1)-c1ccc(CC(C)C(C)c3ccccc3)[c-]c1C2.[C-]1=CC=CC1.[Cl-].[Cl-]. The number of hydrogen-bond acceptors (Lipinski definition) is 0. The second-order valence-corrected chi connectivity index (χ2v) is 14.7. The maximum Gasteiger partial charge on any atom is -0.0159 e. The standard InChI is InChI=1S/C31H29.C9H18.C5H5.2ClH.Zr/c1-21(23(3)25-10-6-4-7-11-25)16-24-14-15-29-28(18-24)19-27-17-22(2)30(20-31(27)29)26-12-8-5-9-13-26;1-3-5-7-9-8-6-4-2;1-2-4-5-3-1;;;/h4-15,17,20-21,23H,16,19H2,1-3H3;3-8H2,1-2H3;1-3H,4H2;2*1H;/q-1;;-1;;;+2/p-2. The molecule has 0 saturated carbocycles. The third-order valence-corrected chi connectivity index (χ3v) is 10.5. The fraction of sp³-hybridized carbons (Fsp3) is 0.356. The van der Waals surface area contributed by atoms with Gasteiger partial charge in [0.25, 0.3) is 0 Å². The molecular weight excluding hydrogens is 703 g/mol. The third kappa shape index (κ3) is 12.5. The van der Waals surface area contributed by atoms with E-state index in [2.05, 4.69) is 138 Å². The van der Waals surface area contributed by atoms with E-state index in [9.17, 15) is 0 Å². The maximum absolute atomic E-state index is 3.79. The topological polar surface area (TPSA) is 0 Å². The summed E-state index contributed by atoms with van der Waals surface area (Å²) in [5.74, 6) is 1.11. The monoisotopic (exact) mass is 752 g/mol. The van der Waals surface area contributed by atoms with E-state index >= 15 is 0 Å². The summed E-state index contributed by atoms with van der Waals surface area (Å²) in [7, 11) is 0. The number of allylic oxidation sites excluding steroid dienone is 4. The van der Waals surface area contributed by atoms with Gasteiger partial charge in [0.05, 0.1) is 0 Å². The summed E-state index contributed by atoms with van der Waals surface area (Å²) in [4.78, 5) is 0. The molecule has 48 heavy (non-hydrogen) atoms.